The van der Waals surface area contributed by atoms with Crippen LogP contribution in [-0.2, 0) is 4.74 Å². The van der Waals surface area contributed by atoms with Crippen molar-refractivity contribution in [3.05, 3.63) is 87.7 Å². The third-order valence-corrected chi connectivity index (χ3v) is 6.64. The van der Waals surface area contributed by atoms with Crippen molar-refractivity contribution in [1.82, 2.24) is 15.2 Å². The predicted molar refractivity (Wildman–Crippen MR) is 158 cm³/mol. The van der Waals surface area contributed by atoms with Crippen molar-refractivity contribution in [2.75, 3.05) is 69.5 Å². The van der Waals surface area contributed by atoms with Crippen LogP contribution in [0.15, 0.2) is 60.8 Å². The van der Waals surface area contributed by atoms with E-state index in [1.807, 2.05) is 26.0 Å². The van der Waals surface area contributed by atoms with E-state index in [2.05, 4.69) is 25.8 Å². The summed E-state index contributed by atoms with van der Waals surface area (Å²) < 4.78 is 5.73. The zero-order chi connectivity index (χ0) is 29.4. The Morgan fingerprint density at radius 3 is 2.49 bits per heavy atom. The quantitative estimate of drug-likeness (QED) is 0.237. The highest BCUT2D eigenvalue weighted by Gasteiger charge is 2.22. The van der Waals surface area contributed by atoms with Crippen LogP contribution in [0.1, 0.15) is 38.9 Å². The summed E-state index contributed by atoms with van der Waals surface area (Å²) >= 11 is 0. The van der Waals surface area contributed by atoms with Crippen LogP contribution in [0, 0.1) is 10.1 Å². The van der Waals surface area contributed by atoms with E-state index in [9.17, 15) is 19.7 Å². The standard InChI is InChI=1S/C29H35N7O5/c1-34(2)13-5-14-35(3)23-8-9-26(36(39)40)24(18-23)29(38)33-22-7-4-6-21(17-22)32-28(37)20-10-11-31-25(16-20)27-19-30-12-15-41-27/h4,6-11,16-18,27,30H,5,12-15,19H2,1-3H3,(H,32,37)(H,33,38). The number of pyridine rings is 1. The zero-order valence-corrected chi connectivity index (χ0v) is 23.4. The van der Waals surface area contributed by atoms with Gasteiger partial charge in [-0.25, -0.2) is 0 Å². The maximum atomic E-state index is 13.2. The molecule has 1 aliphatic rings. The predicted octanol–water partition coefficient (Wildman–Crippen LogP) is 3.54. The van der Waals surface area contributed by atoms with Crippen LogP contribution >= 0.6 is 0 Å². The molecule has 216 valence electrons. The third-order valence-electron chi connectivity index (χ3n) is 6.64. The zero-order valence-electron chi connectivity index (χ0n) is 23.4. The van der Waals surface area contributed by atoms with E-state index in [0.717, 1.165) is 26.1 Å². The lowest BCUT2D eigenvalue weighted by atomic mass is 10.1. The number of nitrogens with one attached hydrogen (secondary N) is 3. The van der Waals surface area contributed by atoms with E-state index in [1.54, 1.807) is 48.7 Å². The normalized spacial score (nSPS) is 14.9. The van der Waals surface area contributed by atoms with E-state index >= 15 is 0 Å². The van der Waals surface area contributed by atoms with Gasteiger partial charge in [0.25, 0.3) is 17.5 Å². The van der Waals surface area contributed by atoms with Crippen molar-refractivity contribution in [1.29, 1.82) is 0 Å². The molecule has 4 rings (SSSR count). The monoisotopic (exact) mass is 561 g/mol. The number of nitro benzene ring substituents is 1. The summed E-state index contributed by atoms with van der Waals surface area (Å²) in [5.41, 5.74) is 2.27. The summed E-state index contributed by atoms with van der Waals surface area (Å²) in [6, 6.07) is 14.4. The van der Waals surface area contributed by atoms with Gasteiger partial charge in [-0.1, -0.05) is 6.07 Å². The molecule has 2 aromatic carbocycles. The van der Waals surface area contributed by atoms with Crippen molar-refractivity contribution < 1.29 is 19.2 Å². The fourth-order valence-electron chi connectivity index (χ4n) is 4.45. The summed E-state index contributed by atoms with van der Waals surface area (Å²) in [7, 11) is 5.87. The molecule has 3 aromatic rings. The Labute approximate surface area is 238 Å². The molecule has 0 saturated carbocycles. The van der Waals surface area contributed by atoms with Crippen LogP contribution in [0.4, 0.5) is 22.7 Å². The molecule has 1 saturated heterocycles. The van der Waals surface area contributed by atoms with Gasteiger partial charge in [-0.3, -0.25) is 24.7 Å². The molecule has 1 fully saturated rings. The first-order valence-electron chi connectivity index (χ1n) is 13.4. The summed E-state index contributed by atoms with van der Waals surface area (Å²) in [6.07, 6.45) is 2.24. The second-order valence-electron chi connectivity index (χ2n) is 10.1. The average Bonchev–Trinajstić information content (AvgIpc) is 2.97. The molecule has 0 radical (unpaired) electrons. The molecule has 1 unspecified atom stereocenters. The van der Waals surface area contributed by atoms with Gasteiger partial charge in [-0.05, 0) is 69.5 Å². The summed E-state index contributed by atoms with van der Waals surface area (Å²) in [5.74, 6) is -0.967. The Morgan fingerprint density at radius 1 is 1.05 bits per heavy atom. The molecule has 2 heterocycles. The van der Waals surface area contributed by atoms with Gasteiger partial charge in [0.2, 0.25) is 0 Å². The number of carbonyl (C=O) groups excluding carboxylic acids is 2. The highest BCUT2D eigenvalue weighted by Crippen LogP contribution is 2.27. The van der Waals surface area contributed by atoms with Crippen LogP contribution in [0.2, 0.25) is 0 Å². The number of hydrogen-bond acceptors (Lipinski definition) is 9. The molecule has 12 heteroatoms. The number of hydrogen-bond donors (Lipinski definition) is 3. The number of nitro groups is 1. The van der Waals surface area contributed by atoms with Gasteiger partial charge in [0.15, 0.2) is 0 Å². The number of morpholine rings is 1. The number of carbonyl (C=O) groups is 2. The van der Waals surface area contributed by atoms with Crippen molar-refractivity contribution in [3.8, 4) is 0 Å². The van der Waals surface area contributed by atoms with Crippen LogP contribution in [-0.4, -0.2) is 80.6 Å². The van der Waals surface area contributed by atoms with E-state index in [0.29, 0.717) is 41.5 Å². The molecule has 1 aromatic heterocycles. The first-order chi connectivity index (χ1) is 19.7. The smallest absolute Gasteiger partial charge is 0.282 e. The third kappa shape index (κ3) is 8.07. The fraction of sp³-hybridized carbons (Fsp3) is 0.345. The highest BCUT2D eigenvalue weighted by atomic mass is 16.6. The maximum Gasteiger partial charge on any atom is 0.282 e. The summed E-state index contributed by atoms with van der Waals surface area (Å²) in [6.45, 7) is 3.58. The Balaban J connectivity index is 1.46. The van der Waals surface area contributed by atoms with Crippen molar-refractivity contribution in [2.45, 2.75) is 12.5 Å². The Kier molecular flexibility index (Phi) is 9.95. The molecule has 0 bridgehead atoms. The van der Waals surface area contributed by atoms with Crippen LogP contribution < -0.4 is 20.9 Å². The Bertz CT molecular complexity index is 1390. The average molecular weight is 562 g/mol. The van der Waals surface area contributed by atoms with Crippen molar-refractivity contribution >= 4 is 34.6 Å². The minimum Gasteiger partial charge on any atom is -0.375 e. The summed E-state index contributed by atoms with van der Waals surface area (Å²) in [5, 5.41) is 20.5. The number of anilines is 3. The molecule has 1 atom stereocenters. The lowest BCUT2D eigenvalue weighted by molar-refractivity contribution is -0.385. The Morgan fingerprint density at radius 2 is 1.80 bits per heavy atom. The van der Waals surface area contributed by atoms with Gasteiger partial charge in [-0.15, -0.1) is 0 Å². The number of nitrogens with zero attached hydrogens (tertiary/aromatic N) is 4. The van der Waals surface area contributed by atoms with Crippen molar-refractivity contribution in [2.24, 2.45) is 0 Å². The first-order valence-corrected chi connectivity index (χ1v) is 13.4. The Hall–Kier alpha value is -4.39. The van der Waals surface area contributed by atoms with E-state index < -0.39 is 10.8 Å². The van der Waals surface area contributed by atoms with Crippen LogP contribution in [0.3, 0.4) is 0 Å². The molecule has 0 aliphatic carbocycles. The van der Waals surface area contributed by atoms with Gasteiger partial charge in [0.05, 0.1) is 17.2 Å². The number of amides is 2. The van der Waals surface area contributed by atoms with Gasteiger partial charge in [-0.2, -0.15) is 0 Å². The molecule has 2 amide bonds. The molecule has 12 nitrogen and oxygen atoms in total. The lowest BCUT2D eigenvalue weighted by Gasteiger charge is -2.23. The van der Waals surface area contributed by atoms with Crippen molar-refractivity contribution in [3.63, 3.8) is 0 Å². The van der Waals surface area contributed by atoms with E-state index in [-0.39, 0.29) is 23.3 Å². The van der Waals surface area contributed by atoms with E-state index in [4.69, 9.17) is 4.74 Å². The van der Waals surface area contributed by atoms with Crippen LogP contribution in [0.25, 0.3) is 0 Å². The van der Waals surface area contributed by atoms with Crippen LogP contribution in [0.5, 0.6) is 0 Å². The second kappa shape index (κ2) is 13.8. The number of rotatable bonds is 11. The fourth-order valence-corrected chi connectivity index (χ4v) is 4.45. The highest BCUT2D eigenvalue weighted by molar-refractivity contribution is 6.08. The topological polar surface area (TPSA) is 142 Å². The molecular weight excluding hydrogens is 526 g/mol. The van der Waals surface area contributed by atoms with Gasteiger partial charge < -0.3 is 30.5 Å². The van der Waals surface area contributed by atoms with Gasteiger partial charge in [0, 0.05) is 61.6 Å². The number of ether oxygens (including phenoxy) is 1. The lowest BCUT2D eigenvalue weighted by Crippen LogP contribution is -2.33. The minimum absolute atomic E-state index is 0.0508. The second-order valence-corrected chi connectivity index (χ2v) is 10.1. The minimum atomic E-state index is -0.622. The number of benzene rings is 2. The molecule has 41 heavy (non-hydrogen) atoms. The number of aromatic nitrogens is 1. The maximum absolute atomic E-state index is 13.2. The molecular formula is C29H35N7O5. The van der Waals surface area contributed by atoms with E-state index in [1.165, 1.54) is 12.1 Å². The molecule has 0 spiro atoms. The van der Waals surface area contributed by atoms with Gasteiger partial charge >= 0.3 is 0 Å². The SMILES string of the molecule is CN(C)CCCN(C)c1ccc([N+](=O)[O-])c(C(=O)Nc2cccc(NC(=O)c3ccnc(C4CNCCO4)c3)c2)c1. The summed E-state index contributed by atoms with van der Waals surface area (Å²) in [4.78, 5) is 45.7. The van der Waals surface area contributed by atoms with Gasteiger partial charge in [0.1, 0.15) is 11.7 Å². The largest absolute Gasteiger partial charge is 0.375 e. The molecule has 1 aliphatic heterocycles. The molecule has 3 N–H and O–H groups in total. The first kappa shape index (κ1) is 29.6.